The SMILES string of the molecule is CCOC(=O)c1ccc(NC(=O)C[C@@H]2C(=O)N(c3ccccc3)C(=S)N2Cc2ccc(OC(F)(F)F)cc2)cc1. The lowest BCUT2D eigenvalue weighted by Crippen LogP contribution is -2.37. The molecule has 0 bridgehead atoms. The fourth-order valence-corrected chi connectivity index (χ4v) is 4.50. The first-order valence-electron chi connectivity index (χ1n) is 12.2. The van der Waals surface area contributed by atoms with Gasteiger partial charge in [-0.05, 0) is 73.2 Å². The van der Waals surface area contributed by atoms with E-state index in [1.54, 1.807) is 54.3 Å². The molecule has 0 aromatic heterocycles. The van der Waals surface area contributed by atoms with Gasteiger partial charge in [0.2, 0.25) is 5.91 Å². The second-order valence-electron chi connectivity index (χ2n) is 8.68. The van der Waals surface area contributed by atoms with Crippen LogP contribution in [0.3, 0.4) is 0 Å². The van der Waals surface area contributed by atoms with E-state index < -0.39 is 30.2 Å². The molecule has 1 atom stereocenters. The van der Waals surface area contributed by atoms with Gasteiger partial charge in [0.15, 0.2) is 5.11 Å². The van der Waals surface area contributed by atoms with Crippen LogP contribution in [0.4, 0.5) is 24.5 Å². The third kappa shape index (κ3) is 6.94. The van der Waals surface area contributed by atoms with Crippen molar-refractivity contribution in [1.29, 1.82) is 0 Å². The number of thiocarbonyl (C=S) groups is 1. The van der Waals surface area contributed by atoms with E-state index in [-0.39, 0.29) is 30.4 Å². The summed E-state index contributed by atoms with van der Waals surface area (Å²) >= 11 is 5.62. The van der Waals surface area contributed by atoms with Crippen molar-refractivity contribution in [3.8, 4) is 5.75 Å². The first kappa shape index (κ1) is 28.6. The van der Waals surface area contributed by atoms with E-state index in [4.69, 9.17) is 17.0 Å². The number of rotatable bonds is 9. The molecule has 1 fully saturated rings. The quantitative estimate of drug-likeness (QED) is 0.276. The van der Waals surface area contributed by atoms with E-state index in [1.165, 1.54) is 41.3 Å². The molecule has 3 aromatic rings. The number of nitrogens with zero attached hydrogens (tertiary/aromatic N) is 2. The number of benzene rings is 3. The monoisotopic (exact) mass is 571 g/mol. The minimum atomic E-state index is -4.82. The Kier molecular flexibility index (Phi) is 8.68. The van der Waals surface area contributed by atoms with Gasteiger partial charge in [-0.1, -0.05) is 30.3 Å². The maximum Gasteiger partial charge on any atom is 0.573 e. The normalized spacial score (nSPS) is 15.2. The molecule has 0 saturated carbocycles. The van der Waals surface area contributed by atoms with Crippen LogP contribution in [0.1, 0.15) is 29.3 Å². The molecule has 0 aliphatic carbocycles. The third-order valence-corrected chi connectivity index (χ3v) is 6.32. The number of hydrogen-bond acceptors (Lipinski definition) is 6. The first-order chi connectivity index (χ1) is 19.1. The molecule has 0 radical (unpaired) electrons. The van der Waals surface area contributed by atoms with Crippen LogP contribution in [0.25, 0.3) is 0 Å². The lowest BCUT2D eigenvalue weighted by molar-refractivity contribution is -0.274. The van der Waals surface area contributed by atoms with Gasteiger partial charge in [-0.2, -0.15) is 0 Å². The van der Waals surface area contributed by atoms with Gasteiger partial charge in [0.1, 0.15) is 11.8 Å². The smallest absolute Gasteiger partial charge is 0.462 e. The molecule has 2 amide bonds. The molecule has 208 valence electrons. The zero-order chi connectivity index (χ0) is 28.9. The number of anilines is 2. The highest BCUT2D eigenvalue weighted by Gasteiger charge is 2.44. The lowest BCUT2D eigenvalue weighted by Gasteiger charge is -2.24. The summed E-state index contributed by atoms with van der Waals surface area (Å²) in [5.74, 6) is -1.76. The maximum absolute atomic E-state index is 13.5. The molecule has 3 aromatic carbocycles. The van der Waals surface area contributed by atoms with Crippen molar-refractivity contribution in [2.75, 3.05) is 16.8 Å². The van der Waals surface area contributed by atoms with Crippen molar-refractivity contribution in [2.45, 2.75) is 32.3 Å². The van der Waals surface area contributed by atoms with E-state index in [1.807, 2.05) is 0 Å². The number of carbonyl (C=O) groups excluding carboxylic acids is 3. The molecule has 0 spiro atoms. The molecule has 1 saturated heterocycles. The number of alkyl halides is 3. The van der Waals surface area contributed by atoms with Crippen LogP contribution >= 0.6 is 12.2 Å². The van der Waals surface area contributed by atoms with Crippen molar-refractivity contribution >= 4 is 46.5 Å². The predicted molar refractivity (Wildman–Crippen MR) is 145 cm³/mol. The van der Waals surface area contributed by atoms with Gasteiger partial charge >= 0.3 is 12.3 Å². The molecule has 40 heavy (non-hydrogen) atoms. The molecule has 12 heteroatoms. The Bertz CT molecular complexity index is 1380. The van der Waals surface area contributed by atoms with E-state index in [9.17, 15) is 27.6 Å². The Morgan fingerprint density at radius 3 is 2.23 bits per heavy atom. The molecule has 1 N–H and O–H groups in total. The van der Waals surface area contributed by atoms with Gasteiger partial charge in [-0.3, -0.25) is 14.5 Å². The summed E-state index contributed by atoms with van der Waals surface area (Å²) in [5, 5.41) is 2.87. The van der Waals surface area contributed by atoms with Gasteiger partial charge in [0, 0.05) is 12.2 Å². The molecule has 1 aliphatic heterocycles. The largest absolute Gasteiger partial charge is 0.573 e. The summed E-state index contributed by atoms with van der Waals surface area (Å²) in [6.07, 6.45) is -5.07. The van der Waals surface area contributed by atoms with Gasteiger partial charge in [-0.15, -0.1) is 13.2 Å². The molecular weight excluding hydrogens is 547 g/mol. The minimum Gasteiger partial charge on any atom is -0.462 e. The Morgan fingerprint density at radius 2 is 1.62 bits per heavy atom. The topological polar surface area (TPSA) is 88.2 Å². The van der Waals surface area contributed by atoms with Crippen molar-refractivity contribution < 1.29 is 37.0 Å². The van der Waals surface area contributed by atoms with E-state index >= 15 is 0 Å². The van der Waals surface area contributed by atoms with Crippen molar-refractivity contribution in [3.05, 3.63) is 90.0 Å². The summed E-state index contributed by atoms with van der Waals surface area (Å²) in [6.45, 7) is 1.99. The molecule has 1 heterocycles. The number of esters is 1. The zero-order valence-electron chi connectivity index (χ0n) is 21.2. The number of nitrogens with one attached hydrogen (secondary N) is 1. The van der Waals surface area contributed by atoms with Crippen LogP contribution in [0.15, 0.2) is 78.9 Å². The number of hydrogen-bond donors (Lipinski definition) is 1. The molecule has 1 aliphatic rings. The number of halogens is 3. The summed E-state index contributed by atoms with van der Waals surface area (Å²) in [4.78, 5) is 41.3. The molecular formula is C28H24F3N3O5S. The van der Waals surface area contributed by atoms with E-state index in [2.05, 4.69) is 10.1 Å². The number of carbonyl (C=O) groups is 3. The summed E-state index contributed by atoms with van der Waals surface area (Å²) < 4.78 is 46.5. The standard InChI is InChI=1S/C28H24F3N3O5S/c1-2-38-26(37)19-10-12-20(13-11-19)32-24(35)16-23-25(36)34(21-6-4-3-5-7-21)27(40)33(23)17-18-8-14-22(15-9-18)39-28(29,30)31/h3-15,23H,2,16-17H2,1H3,(H,32,35)/t23-/m1/s1. The summed E-state index contributed by atoms with van der Waals surface area (Å²) in [6, 6.07) is 19.0. The maximum atomic E-state index is 13.5. The lowest BCUT2D eigenvalue weighted by atomic mass is 10.1. The molecule has 0 unspecified atom stereocenters. The highest BCUT2D eigenvalue weighted by molar-refractivity contribution is 7.80. The van der Waals surface area contributed by atoms with Crippen LogP contribution in [0.5, 0.6) is 5.75 Å². The number of amides is 2. The fourth-order valence-electron chi connectivity index (χ4n) is 4.11. The Balaban J connectivity index is 1.52. The fraction of sp³-hybridized carbons (Fsp3) is 0.214. The molecule has 8 nitrogen and oxygen atoms in total. The van der Waals surface area contributed by atoms with Crippen LogP contribution < -0.4 is 15.0 Å². The van der Waals surface area contributed by atoms with Crippen LogP contribution in [0, 0.1) is 0 Å². The Labute approximate surface area is 233 Å². The van der Waals surface area contributed by atoms with E-state index in [0.717, 1.165) is 0 Å². The zero-order valence-corrected chi connectivity index (χ0v) is 22.0. The van der Waals surface area contributed by atoms with E-state index in [0.29, 0.717) is 22.5 Å². The first-order valence-corrected chi connectivity index (χ1v) is 12.6. The highest BCUT2D eigenvalue weighted by atomic mass is 32.1. The average molecular weight is 572 g/mol. The van der Waals surface area contributed by atoms with Gasteiger partial charge in [0.25, 0.3) is 5.91 Å². The van der Waals surface area contributed by atoms with Crippen LogP contribution in [-0.2, 0) is 20.9 Å². The minimum absolute atomic E-state index is 0.0619. The van der Waals surface area contributed by atoms with Crippen LogP contribution in [-0.4, -0.2) is 46.8 Å². The van der Waals surface area contributed by atoms with Crippen molar-refractivity contribution in [3.63, 3.8) is 0 Å². The third-order valence-electron chi connectivity index (χ3n) is 5.90. The number of ether oxygens (including phenoxy) is 2. The van der Waals surface area contributed by atoms with Crippen molar-refractivity contribution in [1.82, 2.24) is 4.90 Å². The predicted octanol–water partition coefficient (Wildman–Crippen LogP) is 5.29. The summed E-state index contributed by atoms with van der Waals surface area (Å²) in [7, 11) is 0. The Hall–Kier alpha value is -4.45. The number of para-hydroxylation sites is 1. The van der Waals surface area contributed by atoms with Gasteiger partial charge < -0.3 is 19.7 Å². The average Bonchev–Trinajstić information content (AvgIpc) is 3.13. The Morgan fingerprint density at radius 1 is 0.975 bits per heavy atom. The van der Waals surface area contributed by atoms with Crippen molar-refractivity contribution in [2.24, 2.45) is 0 Å². The molecule has 4 rings (SSSR count). The second kappa shape index (κ2) is 12.2. The van der Waals surface area contributed by atoms with Crippen LogP contribution in [0.2, 0.25) is 0 Å². The highest BCUT2D eigenvalue weighted by Crippen LogP contribution is 2.30. The van der Waals surface area contributed by atoms with Gasteiger partial charge in [-0.25, -0.2) is 4.79 Å². The second-order valence-corrected chi connectivity index (χ2v) is 9.04. The van der Waals surface area contributed by atoms with Gasteiger partial charge in [0.05, 0.1) is 24.3 Å². The summed E-state index contributed by atoms with van der Waals surface area (Å²) in [5.41, 5.74) is 1.82.